The molecule has 1 N–H and O–H groups in total. The summed E-state index contributed by atoms with van der Waals surface area (Å²) in [4.78, 5) is 9.00. The average Bonchev–Trinajstić information content (AvgIpc) is 2.93. The Morgan fingerprint density at radius 1 is 1.13 bits per heavy atom. The van der Waals surface area contributed by atoms with Crippen molar-refractivity contribution in [3.05, 3.63) is 76.3 Å². The Morgan fingerprint density at radius 2 is 1.97 bits per heavy atom. The molecule has 1 saturated heterocycles. The smallest absolute Gasteiger partial charge is 0.0944 e. The summed E-state index contributed by atoms with van der Waals surface area (Å²) in [6, 6.07) is 17.8. The van der Waals surface area contributed by atoms with E-state index in [4.69, 9.17) is 4.98 Å². The van der Waals surface area contributed by atoms with E-state index in [0.29, 0.717) is 12.0 Å². The molecular formula is C27H31N3S. The van der Waals surface area contributed by atoms with Crippen molar-refractivity contribution in [1.82, 2.24) is 10.3 Å². The van der Waals surface area contributed by atoms with Crippen LogP contribution in [0.1, 0.15) is 37.0 Å². The highest BCUT2D eigenvalue weighted by atomic mass is 32.2. The summed E-state index contributed by atoms with van der Waals surface area (Å²) >= 11 is 1.99. The van der Waals surface area contributed by atoms with Gasteiger partial charge in [0, 0.05) is 48.8 Å². The number of hydrogen-bond donors (Lipinski definition) is 1. The highest BCUT2D eigenvalue weighted by Gasteiger charge is 2.31. The van der Waals surface area contributed by atoms with Gasteiger partial charge in [-0.1, -0.05) is 56.3 Å². The first kappa shape index (κ1) is 20.6. The van der Waals surface area contributed by atoms with Gasteiger partial charge in [0.25, 0.3) is 0 Å². The van der Waals surface area contributed by atoms with Crippen LogP contribution in [-0.2, 0) is 12.2 Å². The first-order valence-electron chi connectivity index (χ1n) is 11.5. The SMILES string of the molecule is CC(C)C1=Cc2c(c3ccccnc-3c2N2CCN[C@@H](CCc3ccccc3)C2)CS1. The number of aryl methyl sites for hydroxylation is 1. The number of hydrogen-bond acceptors (Lipinski definition) is 4. The Labute approximate surface area is 190 Å². The van der Waals surface area contributed by atoms with E-state index in [2.05, 4.69) is 72.6 Å². The second-order valence-electron chi connectivity index (χ2n) is 8.94. The maximum absolute atomic E-state index is 4.91. The van der Waals surface area contributed by atoms with Crippen molar-refractivity contribution in [3.63, 3.8) is 0 Å². The second kappa shape index (κ2) is 9.05. The molecule has 3 nitrogen and oxygen atoms in total. The summed E-state index contributed by atoms with van der Waals surface area (Å²) in [6.07, 6.45) is 6.68. The minimum atomic E-state index is 0.499. The number of piperazine rings is 1. The zero-order valence-corrected chi connectivity index (χ0v) is 19.3. The van der Waals surface area contributed by atoms with Crippen LogP contribution in [0.3, 0.4) is 0 Å². The highest BCUT2D eigenvalue weighted by Crippen LogP contribution is 2.49. The fraction of sp³-hybridized carbons (Fsp3) is 0.370. The van der Waals surface area contributed by atoms with Crippen molar-refractivity contribution < 1.29 is 0 Å². The van der Waals surface area contributed by atoms with Gasteiger partial charge < -0.3 is 10.2 Å². The van der Waals surface area contributed by atoms with E-state index in [1.165, 1.54) is 38.5 Å². The topological polar surface area (TPSA) is 28.2 Å². The summed E-state index contributed by atoms with van der Waals surface area (Å²) in [7, 11) is 0. The van der Waals surface area contributed by atoms with Crippen LogP contribution in [0.25, 0.3) is 17.3 Å². The quantitative estimate of drug-likeness (QED) is 0.551. The van der Waals surface area contributed by atoms with Crippen molar-refractivity contribution in [1.29, 1.82) is 0 Å². The molecule has 4 heteroatoms. The Kier molecular flexibility index (Phi) is 6.02. The van der Waals surface area contributed by atoms with Crippen LogP contribution in [0.2, 0.25) is 0 Å². The summed E-state index contributed by atoms with van der Waals surface area (Å²) in [5.41, 5.74) is 8.14. The number of aromatic nitrogens is 1. The highest BCUT2D eigenvalue weighted by molar-refractivity contribution is 8.02. The third-order valence-corrected chi connectivity index (χ3v) is 7.84. The van der Waals surface area contributed by atoms with Crippen LogP contribution >= 0.6 is 11.8 Å². The minimum absolute atomic E-state index is 0.499. The van der Waals surface area contributed by atoms with E-state index in [9.17, 15) is 0 Å². The lowest BCUT2D eigenvalue weighted by atomic mass is 10.0. The van der Waals surface area contributed by atoms with Gasteiger partial charge in [-0.15, -0.1) is 11.8 Å². The van der Waals surface area contributed by atoms with Crippen LogP contribution in [-0.4, -0.2) is 30.7 Å². The molecule has 1 atom stereocenters. The fourth-order valence-electron chi connectivity index (χ4n) is 4.83. The van der Waals surface area contributed by atoms with E-state index in [1.54, 1.807) is 0 Å². The van der Waals surface area contributed by atoms with Crippen LogP contribution in [0.15, 0.2) is 59.6 Å². The lowest BCUT2D eigenvalue weighted by molar-refractivity contribution is 0.434. The van der Waals surface area contributed by atoms with Gasteiger partial charge in [0.15, 0.2) is 0 Å². The van der Waals surface area contributed by atoms with Gasteiger partial charge in [-0.05, 0) is 46.9 Å². The molecule has 0 amide bonds. The number of thioether (sulfide) groups is 1. The summed E-state index contributed by atoms with van der Waals surface area (Å²) < 4.78 is 0. The monoisotopic (exact) mass is 429 g/mol. The molecule has 1 aromatic rings. The first-order valence-corrected chi connectivity index (χ1v) is 12.5. The molecule has 1 aromatic carbocycles. The van der Waals surface area contributed by atoms with Crippen molar-refractivity contribution in [3.8, 4) is 11.3 Å². The van der Waals surface area contributed by atoms with Crippen LogP contribution in [0.5, 0.6) is 0 Å². The Hall–Kier alpha value is -2.30. The van der Waals surface area contributed by atoms with E-state index < -0.39 is 0 Å². The van der Waals surface area contributed by atoms with Gasteiger partial charge >= 0.3 is 0 Å². The number of anilines is 1. The first-order chi connectivity index (χ1) is 15.2. The van der Waals surface area contributed by atoms with Crippen molar-refractivity contribution in [2.24, 2.45) is 5.92 Å². The van der Waals surface area contributed by atoms with Crippen LogP contribution in [0.4, 0.5) is 5.69 Å². The zero-order valence-electron chi connectivity index (χ0n) is 18.5. The molecule has 3 heterocycles. The van der Waals surface area contributed by atoms with Gasteiger partial charge in [-0.2, -0.15) is 0 Å². The fourth-order valence-corrected chi connectivity index (χ4v) is 5.98. The number of nitrogens with one attached hydrogen (secondary N) is 1. The molecule has 5 rings (SSSR count). The van der Waals surface area contributed by atoms with Crippen molar-refractivity contribution in [2.45, 2.75) is 38.5 Å². The molecule has 1 fully saturated rings. The number of benzene rings is 1. The molecule has 0 saturated carbocycles. The third-order valence-electron chi connectivity index (χ3n) is 6.48. The average molecular weight is 430 g/mol. The molecular weight excluding hydrogens is 398 g/mol. The predicted molar refractivity (Wildman–Crippen MR) is 134 cm³/mol. The summed E-state index contributed by atoms with van der Waals surface area (Å²) in [5.74, 6) is 1.61. The van der Waals surface area contributed by atoms with Crippen LogP contribution < -0.4 is 10.2 Å². The number of rotatable bonds is 5. The molecule has 1 aliphatic carbocycles. The van der Waals surface area contributed by atoms with E-state index >= 15 is 0 Å². The largest absolute Gasteiger partial charge is 0.366 e. The summed E-state index contributed by atoms with van der Waals surface area (Å²) in [6.45, 7) is 7.70. The predicted octanol–water partition coefficient (Wildman–Crippen LogP) is 5.84. The number of fused-ring (bicyclic) bond motifs is 3. The molecule has 160 valence electrons. The summed E-state index contributed by atoms with van der Waals surface area (Å²) in [5, 5.41) is 3.76. The standard InChI is InChI=1S/C27H31N3S/c1-19(2)25-16-23-24(18-31-25)22-10-6-7-13-29-26(22)27(23)30-15-14-28-21(17-30)12-11-20-8-4-3-5-9-20/h3-10,13,16,19,21,28H,11-12,14-15,17-18H2,1-2H3/t21-/m0/s1. The van der Waals surface area contributed by atoms with Gasteiger partial charge in [0.2, 0.25) is 0 Å². The third kappa shape index (κ3) is 4.24. The van der Waals surface area contributed by atoms with Gasteiger partial charge in [0.05, 0.1) is 11.4 Å². The molecule has 0 spiro atoms. The normalized spacial score (nSPS) is 18.9. The molecule has 0 aromatic heterocycles. The van der Waals surface area contributed by atoms with E-state index in [1.807, 2.05) is 24.0 Å². The van der Waals surface area contributed by atoms with Gasteiger partial charge in [-0.25, -0.2) is 0 Å². The Morgan fingerprint density at radius 3 is 2.81 bits per heavy atom. The lowest BCUT2D eigenvalue weighted by Crippen LogP contribution is -2.51. The number of allylic oxidation sites excluding steroid dienone is 1. The molecule has 0 bridgehead atoms. The van der Waals surface area contributed by atoms with E-state index in [0.717, 1.165) is 38.2 Å². The van der Waals surface area contributed by atoms with Crippen molar-refractivity contribution >= 4 is 23.5 Å². The second-order valence-corrected chi connectivity index (χ2v) is 9.99. The lowest BCUT2D eigenvalue weighted by Gasteiger charge is -2.36. The molecule has 31 heavy (non-hydrogen) atoms. The van der Waals surface area contributed by atoms with Gasteiger partial charge in [0.1, 0.15) is 0 Å². The Bertz CT molecular complexity index is 1040. The molecule has 0 radical (unpaired) electrons. The van der Waals surface area contributed by atoms with Crippen molar-refractivity contribution in [2.75, 3.05) is 24.5 Å². The minimum Gasteiger partial charge on any atom is -0.366 e. The Balaban J connectivity index is 1.46. The molecule has 0 unspecified atom stereocenters. The maximum atomic E-state index is 4.91. The van der Waals surface area contributed by atoms with Gasteiger partial charge in [-0.3, -0.25) is 4.98 Å². The van der Waals surface area contributed by atoms with E-state index in [-0.39, 0.29) is 0 Å². The zero-order chi connectivity index (χ0) is 21.2. The molecule has 4 aliphatic rings. The van der Waals surface area contributed by atoms with Crippen LogP contribution in [0, 0.1) is 5.92 Å². The maximum Gasteiger partial charge on any atom is 0.0944 e. The number of nitrogens with zero attached hydrogens (tertiary/aromatic N) is 2. The molecule has 3 aliphatic heterocycles.